The summed E-state index contributed by atoms with van der Waals surface area (Å²) < 4.78 is 0. The molecule has 0 spiro atoms. The van der Waals surface area contributed by atoms with Gasteiger partial charge in [0, 0.05) is 6.54 Å². The molecule has 1 aliphatic heterocycles. The lowest BCUT2D eigenvalue weighted by atomic mass is 10.1. The first-order valence-electron chi connectivity index (χ1n) is 5.98. The lowest BCUT2D eigenvalue weighted by molar-refractivity contribution is 0.221. The van der Waals surface area contributed by atoms with Crippen LogP contribution in [0.4, 0.5) is 0 Å². The predicted octanol–water partition coefficient (Wildman–Crippen LogP) is 3.05. The van der Waals surface area contributed by atoms with E-state index in [1.54, 1.807) is 0 Å². The third-order valence-electron chi connectivity index (χ3n) is 3.17. The molecule has 1 heteroatoms. The van der Waals surface area contributed by atoms with Gasteiger partial charge in [-0.25, -0.2) is 0 Å². The topological polar surface area (TPSA) is 3.24 Å². The maximum absolute atomic E-state index is 3.89. The van der Waals surface area contributed by atoms with Crippen molar-refractivity contribution in [2.24, 2.45) is 0 Å². The van der Waals surface area contributed by atoms with Crippen molar-refractivity contribution in [2.75, 3.05) is 13.1 Å². The molecule has 1 saturated heterocycles. The molecule has 0 atom stereocenters. The summed E-state index contributed by atoms with van der Waals surface area (Å²) in [4.78, 5) is 2.56. The van der Waals surface area contributed by atoms with Crippen molar-refractivity contribution < 1.29 is 0 Å². The highest BCUT2D eigenvalue weighted by Gasteiger charge is 2.09. The minimum atomic E-state index is 0.893. The van der Waals surface area contributed by atoms with E-state index in [1.807, 2.05) is 0 Å². The summed E-state index contributed by atoms with van der Waals surface area (Å²) in [5.41, 5.74) is 2.77. The monoisotopic (exact) mass is 202 g/mol. The van der Waals surface area contributed by atoms with Crippen LogP contribution in [0.15, 0.2) is 24.3 Å². The van der Waals surface area contributed by atoms with Crippen molar-refractivity contribution in [3.63, 3.8) is 0 Å². The minimum absolute atomic E-state index is 0.893. The maximum Gasteiger partial charge on any atom is 0.0233 e. The molecule has 15 heavy (non-hydrogen) atoms. The summed E-state index contributed by atoms with van der Waals surface area (Å²) in [5, 5.41) is 0. The molecule has 1 nitrogen and oxygen atoms in total. The van der Waals surface area contributed by atoms with Crippen molar-refractivity contribution >= 4 is 0 Å². The van der Waals surface area contributed by atoms with Crippen LogP contribution >= 0.6 is 0 Å². The molecule has 1 radical (unpaired) electrons. The third-order valence-corrected chi connectivity index (χ3v) is 3.17. The first-order chi connectivity index (χ1) is 7.38. The predicted molar refractivity (Wildman–Crippen MR) is 64.6 cm³/mol. The van der Waals surface area contributed by atoms with E-state index in [2.05, 4.69) is 36.1 Å². The highest BCUT2D eigenvalue weighted by atomic mass is 15.1. The Kier molecular flexibility index (Phi) is 3.79. The van der Waals surface area contributed by atoms with E-state index in [4.69, 9.17) is 0 Å². The SMILES string of the molecule is [CH2]Cc1ccc(CN2CCCCC2)cc1. The summed E-state index contributed by atoms with van der Waals surface area (Å²) >= 11 is 0. The summed E-state index contributed by atoms with van der Waals surface area (Å²) in [6.07, 6.45) is 5.05. The van der Waals surface area contributed by atoms with Crippen molar-refractivity contribution in [1.82, 2.24) is 4.90 Å². The zero-order valence-electron chi connectivity index (χ0n) is 9.41. The van der Waals surface area contributed by atoms with Crippen LogP contribution in [0.3, 0.4) is 0 Å². The summed E-state index contributed by atoms with van der Waals surface area (Å²) in [5.74, 6) is 0. The van der Waals surface area contributed by atoms with Gasteiger partial charge in [-0.05, 0) is 50.4 Å². The van der Waals surface area contributed by atoms with Crippen molar-refractivity contribution in [3.8, 4) is 0 Å². The van der Waals surface area contributed by atoms with E-state index in [1.165, 1.54) is 43.5 Å². The van der Waals surface area contributed by atoms with Gasteiger partial charge in [0.25, 0.3) is 0 Å². The Morgan fingerprint density at radius 1 is 0.933 bits per heavy atom. The summed E-state index contributed by atoms with van der Waals surface area (Å²) in [6.45, 7) is 7.56. The van der Waals surface area contributed by atoms with Crippen molar-refractivity contribution in [3.05, 3.63) is 42.3 Å². The van der Waals surface area contributed by atoms with E-state index >= 15 is 0 Å². The van der Waals surface area contributed by atoms with E-state index in [-0.39, 0.29) is 0 Å². The molecule has 0 amide bonds. The summed E-state index contributed by atoms with van der Waals surface area (Å²) in [6, 6.07) is 8.89. The fourth-order valence-corrected chi connectivity index (χ4v) is 2.19. The lowest BCUT2D eigenvalue weighted by Gasteiger charge is -2.26. The first kappa shape index (κ1) is 10.7. The molecule has 0 aromatic heterocycles. The van der Waals surface area contributed by atoms with Crippen LogP contribution in [0.1, 0.15) is 30.4 Å². The van der Waals surface area contributed by atoms with Crippen LogP contribution in [0, 0.1) is 6.92 Å². The molecule has 0 bridgehead atoms. The Hall–Kier alpha value is -0.820. The van der Waals surface area contributed by atoms with E-state index in [0.29, 0.717) is 0 Å². The molecular formula is C14H20N. The molecule has 1 aliphatic rings. The molecule has 1 aromatic carbocycles. The summed E-state index contributed by atoms with van der Waals surface area (Å²) in [7, 11) is 0. The Bertz CT molecular complexity index is 283. The van der Waals surface area contributed by atoms with Gasteiger partial charge in [0.1, 0.15) is 0 Å². The van der Waals surface area contributed by atoms with Crippen LogP contribution in [0.5, 0.6) is 0 Å². The number of hydrogen-bond donors (Lipinski definition) is 0. The van der Waals surface area contributed by atoms with E-state index in [9.17, 15) is 0 Å². The Balaban J connectivity index is 1.91. The zero-order chi connectivity index (χ0) is 10.5. The van der Waals surface area contributed by atoms with Crippen molar-refractivity contribution in [1.29, 1.82) is 0 Å². The van der Waals surface area contributed by atoms with Crippen molar-refractivity contribution in [2.45, 2.75) is 32.2 Å². The Morgan fingerprint density at radius 3 is 2.13 bits per heavy atom. The van der Waals surface area contributed by atoms with Gasteiger partial charge in [0.2, 0.25) is 0 Å². The Morgan fingerprint density at radius 2 is 1.53 bits per heavy atom. The van der Waals surface area contributed by atoms with Crippen LogP contribution < -0.4 is 0 Å². The molecule has 1 fully saturated rings. The normalized spacial score (nSPS) is 17.9. The minimum Gasteiger partial charge on any atom is -0.299 e. The van der Waals surface area contributed by atoms with E-state index < -0.39 is 0 Å². The molecule has 0 N–H and O–H groups in total. The second kappa shape index (κ2) is 5.32. The first-order valence-corrected chi connectivity index (χ1v) is 5.98. The third kappa shape index (κ3) is 3.07. The second-order valence-corrected chi connectivity index (χ2v) is 4.40. The number of hydrogen-bond acceptors (Lipinski definition) is 1. The molecular weight excluding hydrogens is 182 g/mol. The lowest BCUT2D eigenvalue weighted by Crippen LogP contribution is -2.29. The smallest absolute Gasteiger partial charge is 0.0233 e. The Labute approximate surface area is 93.1 Å². The van der Waals surface area contributed by atoms with Gasteiger partial charge in [0.05, 0.1) is 0 Å². The highest BCUT2D eigenvalue weighted by Crippen LogP contribution is 2.13. The van der Waals surface area contributed by atoms with E-state index in [0.717, 1.165) is 13.0 Å². The zero-order valence-corrected chi connectivity index (χ0v) is 9.41. The van der Waals surface area contributed by atoms with Gasteiger partial charge in [-0.15, -0.1) is 0 Å². The maximum atomic E-state index is 3.89. The van der Waals surface area contributed by atoms with Crippen LogP contribution in [0.25, 0.3) is 0 Å². The van der Waals surface area contributed by atoms with Crippen LogP contribution in [-0.2, 0) is 13.0 Å². The number of rotatable bonds is 3. The van der Waals surface area contributed by atoms with Gasteiger partial charge in [-0.3, -0.25) is 4.90 Å². The van der Waals surface area contributed by atoms with Gasteiger partial charge >= 0.3 is 0 Å². The largest absolute Gasteiger partial charge is 0.299 e. The number of benzene rings is 1. The average Bonchev–Trinajstić information content (AvgIpc) is 2.31. The number of nitrogens with zero attached hydrogens (tertiary/aromatic N) is 1. The number of piperidine rings is 1. The van der Waals surface area contributed by atoms with Gasteiger partial charge in [0.15, 0.2) is 0 Å². The molecule has 2 rings (SSSR count). The van der Waals surface area contributed by atoms with Crippen LogP contribution in [-0.4, -0.2) is 18.0 Å². The molecule has 1 heterocycles. The quantitative estimate of drug-likeness (QED) is 0.728. The van der Waals surface area contributed by atoms with Gasteiger partial charge in [-0.2, -0.15) is 0 Å². The molecule has 81 valence electrons. The highest BCUT2D eigenvalue weighted by molar-refractivity contribution is 5.22. The molecule has 0 saturated carbocycles. The molecule has 0 aliphatic carbocycles. The standard InChI is InChI=1S/C14H20N/c1-2-13-6-8-14(9-7-13)12-15-10-4-3-5-11-15/h6-9H,1-5,10-12H2. The van der Waals surface area contributed by atoms with Gasteiger partial charge < -0.3 is 0 Å². The molecule has 0 unspecified atom stereocenters. The second-order valence-electron chi connectivity index (χ2n) is 4.40. The fraction of sp³-hybridized carbons (Fsp3) is 0.500. The molecule has 1 aromatic rings. The van der Waals surface area contributed by atoms with Crippen LogP contribution in [0.2, 0.25) is 0 Å². The average molecular weight is 202 g/mol. The fourth-order valence-electron chi connectivity index (χ4n) is 2.19. The number of likely N-dealkylation sites (tertiary alicyclic amines) is 1. The van der Waals surface area contributed by atoms with Gasteiger partial charge in [-0.1, -0.05) is 30.7 Å².